The molecule has 1 fully saturated rings. The zero-order chi connectivity index (χ0) is 13.1. The summed E-state index contributed by atoms with van der Waals surface area (Å²) in [5.74, 6) is 0.519. The van der Waals surface area contributed by atoms with Gasteiger partial charge in [0.05, 0.1) is 16.7 Å². The summed E-state index contributed by atoms with van der Waals surface area (Å²) in [5.41, 5.74) is 1.23. The molecular formula is C14H20BrCl2NO. The van der Waals surface area contributed by atoms with Crippen LogP contribution in [0.1, 0.15) is 24.4 Å². The number of rotatable bonds is 3. The van der Waals surface area contributed by atoms with Gasteiger partial charge in [0.1, 0.15) is 0 Å². The van der Waals surface area contributed by atoms with Gasteiger partial charge in [0, 0.05) is 19.1 Å². The van der Waals surface area contributed by atoms with Gasteiger partial charge in [-0.2, -0.15) is 0 Å². The molecule has 2 rings (SSSR count). The Morgan fingerprint density at radius 1 is 1.32 bits per heavy atom. The van der Waals surface area contributed by atoms with E-state index in [-0.39, 0.29) is 17.0 Å². The van der Waals surface area contributed by atoms with Crippen LogP contribution in [0.15, 0.2) is 18.2 Å². The Kier molecular flexibility index (Phi) is 7.12. The largest absolute Gasteiger partial charge is 0.384 e. The lowest BCUT2D eigenvalue weighted by atomic mass is 9.85. The average Bonchev–Trinajstić information content (AvgIpc) is 2.34. The summed E-state index contributed by atoms with van der Waals surface area (Å²) in [6.45, 7) is 1.90. The van der Waals surface area contributed by atoms with Crippen LogP contribution >= 0.6 is 40.2 Å². The molecular weight excluding hydrogens is 349 g/mol. The fraction of sp³-hybridized carbons (Fsp3) is 0.571. The Morgan fingerprint density at radius 3 is 2.68 bits per heavy atom. The van der Waals surface area contributed by atoms with Crippen molar-refractivity contribution >= 4 is 40.2 Å². The molecule has 1 aromatic carbocycles. The Balaban J connectivity index is 0.00000180. The van der Waals surface area contributed by atoms with Crippen LogP contribution in [0.25, 0.3) is 0 Å². The first-order valence-electron chi connectivity index (χ1n) is 6.27. The predicted octanol–water partition coefficient (Wildman–Crippen LogP) is 4.60. The molecule has 2 nitrogen and oxygen atoms in total. The highest BCUT2D eigenvalue weighted by atomic mass is 79.9. The van der Waals surface area contributed by atoms with Crippen LogP contribution in [0.3, 0.4) is 0 Å². The summed E-state index contributed by atoms with van der Waals surface area (Å²) in [5, 5.41) is 1.24. The summed E-state index contributed by atoms with van der Waals surface area (Å²) >= 11 is 12.1. The first-order valence-corrected chi connectivity index (χ1v) is 7.03. The Bertz CT molecular complexity index is 414. The summed E-state index contributed by atoms with van der Waals surface area (Å²) < 4.78 is 5.35. The van der Waals surface area contributed by atoms with Crippen molar-refractivity contribution in [2.45, 2.75) is 18.9 Å². The molecule has 0 N–H and O–H groups in total. The molecule has 1 aromatic rings. The van der Waals surface area contributed by atoms with Crippen molar-refractivity contribution in [3.63, 3.8) is 0 Å². The minimum atomic E-state index is 0. The molecule has 1 aliphatic heterocycles. The second kappa shape index (κ2) is 7.84. The zero-order valence-electron chi connectivity index (χ0n) is 11.2. The summed E-state index contributed by atoms with van der Waals surface area (Å²) in [6, 6.07) is 6.31. The third-order valence-corrected chi connectivity index (χ3v) is 4.41. The lowest BCUT2D eigenvalue weighted by Crippen LogP contribution is -2.37. The lowest BCUT2D eigenvalue weighted by molar-refractivity contribution is 0.0527. The predicted molar refractivity (Wildman–Crippen MR) is 86.8 cm³/mol. The molecule has 5 heteroatoms. The normalized spacial score (nSPS) is 24.0. The second-order valence-corrected chi connectivity index (χ2v) is 5.77. The van der Waals surface area contributed by atoms with E-state index in [1.807, 2.05) is 12.1 Å². The van der Waals surface area contributed by atoms with E-state index in [9.17, 15) is 0 Å². The van der Waals surface area contributed by atoms with E-state index in [1.54, 1.807) is 7.11 Å². The van der Waals surface area contributed by atoms with Crippen LogP contribution in [0, 0.1) is 5.92 Å². The topological polar surface area (TPSA) is 12.5 Å². The summed E-state index contributed by atoms with van der Waals surface area (Å²) in [7, 11) is 3.93. The van der Waals surface area contributed by atoms with Gasteiger partial charge in [0.2, 0.25) is 0 Å². The van der Waals surface area contributed by atoms with Crippen LogP contribution in [-0.2, 0) is 4.74 Å². The third kappa shape index (κ3) is 4.08. The Morgan fingerprint density at radius 2 is 2.05 bits per heavy atom. The standard InChI is InChI=1S/C14H19Cl2NO.BrH/c1-17-7-3-4-11(9-18-2)14(17)10-5-6-12(15)13(16)8-10;/h5-6,8,11,14H,3-4,7,9H2,1-2H3;1H/t11-,14+;/m1./s1. The minimum absolute atomic E-state index is 0. The first kappa shape index (κ1) is 17.3. The number of likely N-dealkylation sites (tertiary alicyclic amines) is 1. The summed E-state index contributed by atoms with van der Waals surface area (Å²) in [6.07, 6.45) is 2.42. The summed E-state index contributed by atoms with van der Waals surface area (Å²) in [4.78, 5) is 2.38. The quantitative estimate of drug-likeness (QED) is 0.772. The van der Waals surface area contributed by atoms with E-state index in [4.69, 9.17) is 27.9 Å². The molecule has 0 bridgehead atoms. The first-order chi connectivity index (χ1) is 8.63. The maximum absolute atomic E-state index is 6.12. The van der Waals surface area contributed by atoms with E-state index in [1.165, 1.54) is 18.4 Å². The molecule has 0 amide bonds. The van der Waals surface area contributed by atoms with E-state index in [0.717, 1.165) is 13.2 Å². The molecule has 0 spiro atoms. The van der Waals surface area contributed by atoms with Crippen molar-refractivity contribution < 1.29 is 4.74 Å². The van der Waals surface area contributed by atoms with Gasteiger partial charge in [-0.25, -0.2) is 0 Å². The van der Waals surface area contributed by atoms with Gasteiger partial charge in [-0.1, -0.05) is 29.3 Å². The molecule has 0 radical (unpaired) electrons. The number of methoxy groups -OCH3 is 1. The smallest absolute Gasteiger partial charge is 0.0595 e. The van der Waals surface area contributed by atoms with Crippen LogP contribution in [-0.4, -0.2) is 32.2 Å². The molecule has 1 saturated heterocycles. The number of hydrogen-bond donors (Lipinski definition) is 0. The molecule has 0 saturated carbocycles. The van der Waals surface area contributed by atoms with Crippen molar-refractivity contribution in [2.24, 2.45) is 5.92 Å². The number of hydrogen-bond acceptors (Lipinski definition) is 2. The molecule has 19 heavy (non-hydrogen) atoms. The van der Waals surface area contributed by atoms with E-state index < -0.39 is 0 Å². The molecule has 0 unspecified atom stereocenters. The number of nitrogens with zero attached hydrogens (tertiary/aromatic N) is 1. The fourth-order valence-corrected chi connectivity index (χ4v) is 3.18. The van der Waals surface area contributed by atoms with Crippen molar-refractivity contribution in [1.82, 2.24) is 4.90 Å². The molecule has 108 valence electrons. The Hall–Kier alpha value is 0.200. The zero-order valence-corrected chi connectivity index (χ0v) is 14.5. The van der Waals surface area contributed by atoms with Crippen molar-refractivity contribution in [3.05, 3.63) is 33.8 Å². The van der Waals surface area contributed by atoms with Crippen molar-refractivity contribution in [1.29, 1.82) is 0 Å². The highest BCUT2D eigenvalue weighted by molar-refractivity contribution is 8.93. The van der Waals surface area contributed by atoms with Crippen LogP contribution in [0.2, 0.25) is 10.0 Å². The minimum Gasteiger partial charge on any atom is -0.384 e. The maximum Gasteiger partial charge on any atom is 0.0595 e. The molecule has 0 aliphatic carbocycles. The third-order valence-electron chi connectivity index (χ3n) is 3.67. The van der Waals surface area contributed by atoms with Gasteiger partial charge in [0.15, 0.2) is 0 Å². The number of piperidine rings is 1. The van der Waals surface area contributed by atoms with Crippen LogP contribution in [0.4, 0.5) is 0 Å². The number of ether oxygens (including phenoxy) is 1. The van der Waals surface area contributed by atoms with E-state index in [2.05, 4.69) is 18.0 Å². The molecule has 0 aromatic heterocycles. The van der Waals surface area contributed by atoms with Gasteiger partial charge >= 0.3 is 0 Å². The van der Waals surface area contributed by atoms with Gasteiger partial charge in [-0.05, 0) is 44.1 Å². The monoisotopic (exact) mass is 367 g/mol. The van der Waals surface area contributed by atoms with Crippen molar-refractivity contribution in [3.8, 4) is 0 Å². The van der Waals surface area contributed by atoms with Crippen molar-refractivity contribution in [2.75, 3.05) is 27.3 Å². The molecule has 1 heterocycles. The van der Waals surface area contributed by atoms with Gasteiger partial charge in [-0.3, -0.25) is 4.90 Å². The SMILES string of the molecule is Br.COC[C@H]1CCCN(C)[C@H]1c1ccc(Cl)c(Cl)c1. The molecule has 2 atom stereocenters. The average molecular weight is 369 g/mol. The van der Waals surface area contributed by atoms with E-state index in [0.29, 0.717) is 22.0 Å². The van der Waals surface area contributed by atoms with Gasteiger partial charge in [-0.15, -0.1) is 17.0 Å². The van der Waals surface area contributed by atoms with Crippen LogP contribution < -0.4 is 0 Å². The Labute approximate surface area is 135 Å². The van der Waals surface area contributed by atoms with Gasteiger partial charge < -0.3 is 4.74 Å². The highest BCUT2D eigenvalue weighted by Crippen LogP contribution is 2.37. The van der Waals surface area contributed by atoms with Crippen LogP contribution in [0.5, 0.6) is 0 Å². The highest BCUT2D eigenvalue weighted by Gasteiger charge is 2.30. The fourth-order valence-electron chi connectivity index (χ4n) is 2.87. The molecule has 1 aliphatic rings. The lowest BCUT2D eigenvalue weighted by Gasteiger charge is -2.39. The number of benzene rings is 1. The van der Waals surface area contributed by atoms with Gasteiger partial charge in [0.25, 0.3) is 0 Å². The van der Waals surface area contributed by atoms with E-state index >= 15 is 0 Å². The maximum atomic E-state index is 6.12. The second-order valence-electron chi connectivity index (χ2n) is 4.96. The number of halogens is 3.